The van der Waals surface area contributed by atoms with Crippen LogP contribution in [0.1, 0.15) is 46.6 Å². The van der Waals surface area contributed by atoms with Crippen LogP contribution in [-0.4, -0.2) is 5.78 Å². The maximum atomic E-state index is 10.4. The summed E-state index contributed by atoms with van der Waals surface area (Å²) in [6, 6.07) is 9.60. The van der Waals surface area contributed by atoms with E-state index in [1.807, 2.05) is 58.0 Å². The SMILES string of the molecule is C#Cc1ccccc1.CC.CCC(C)C(C)=O. The van der Waals surface area contributed by atoms with Crippen LogP contribution in [0.5, 0.6) is 0 Å². The topological polar surface area (TPSA) is 17.1 Å². The van der Waals surface area contributed by atoms with E-state index in [9.17, 15) is 4.79 Å². The Labute approximate surface area is 106 Å². The van der Waals surface area contributed by atoms with E-state index in [1.165, 1.54) is 0 Å². The summed E-state index contributed by atoms with van der Waals surface area (Å²) in [5.41, 5.74) is 0.938. The fourth-order valence-corrected chi connectivity index (χ4v) is 0.822. The van der Waals surface area contributed by atoms with Crippen molar-refractivity contribution in [2.75, 3.05) is 0 Å². The molecule has 0 amide bonds. The fraction of sp³-hybridized carbons (Fsp3) is 0.438. The standard InChI is InChI=1S/C8H6.C6H12O.C2H6/c1-2-8-6-4-3-5-7-8;1-4-5(2)6(3)7;1-2/h1,3-7H;5H,4H2,1-3H3;1-2H3. The fourth-order valence-electron chi connectivity index (χ4n) is 0.822. The highest BCUT2D eigenvalue weighted by Gasteiger charge is 2.01. The summed E-state index contributed by atoms with van der Waals surface area (Å²) < 4.78 is 0. The Morgan fingerprint density at radius 3 is 1.94 bits per heavy atom. The van der Waals surface area contributed by atoms with E-state index in [0.717, 1.165) is 12.0 Å². The Hall–Kier alpha value is -1.55. The highest BCUT2D eigenvalue weighted by Crippen LogP contribution is 1.99. The Balaban J connectivity index is 0. The van der Waals surface area contributed by atoms with Crippen LogP contribution in [0.2, 0.25) is 0 Å². The Kier molecular flexibility index (Phi) is 13.1. The van der Waals surface area contributed by atoms with Crippen LogP contribution in [0.4, 0.5) is 0 Å². The van der Waals surface area contributed by atoms with Gasteiger partial charge in [-0.25, -0.2) is 0 Å². The second-order valence-corrected chi connectivity index (χ2v) is 3.43. The number of carbonyl (C=O) groups is 1. The van der Waals surface area contributed by atoms with Gasteiger partial charge >= 0.3 is 0 Å². The van der Waals surface area contributed by atoms with Gasteiger partial charge in [-0.1, -0.05) is 51.8 Å². The highest BCUT2D eigenvalue weighted by molar-refractivity contribution is 5.77. The lowest BCUT2D eigenvalue weighted by Gasteiger charge is -1.98. The highest BCUT2D eigenvalue weighted by atomic mass is 16.1. The largest absolute Gasteiger partial charge is 0.300 e. The maximum Gasteiger partial charge on any atom is 0.132 e. The van der Waals surface area contributed by atoms with Gasteiger partial charge in [-0.05, 0) is 25.5 Å². The van der Waals surface area contributed by atoms with Crippen LogP contribution in [0.3, 0.4) is 0 Å². The molecule has 1 aromatic carbocycles. The van der Waals surface area contributed by atoms with Gasteiger partial charge in [0.2, 0.25) is 0 Å². The molecule has 1 atom stereocenters. The summed E-state index contributed by atoms with van der Waals surface area (Å²) >= 11 is 0. The molecule has 0 saturated carbocycles. The lowest BCUT2D eigenvalue weighted by atomic mass is 10.1. The number of terminal acetylenes is 1. The van der Waals surface area contributed by atoms with Gasteiger partial charge in [-0.2, -0.15) is 0 Å². The first-order valence-electron chi connectivity index (χ1n) is 6.13. The van der Waals surface area contributed by atoms with Gasteiger partial charge in [-0.3, -0.25) is 4.79 Å². The zero-order chi connectivity index (χ0) is 13.7. The van der Waals surface area contributed by atoms with Crippen molar-refractivity contribution in [1.29, 1.82) is 0 Å². The molecule has 1 rings (SSSR count). The monoisotopic (exact) mass is 232 g/mol. The van der Waals surface area contributed by atoms with Crippen LogP contribution in [-0.2, 0) is 4.79 Å². The van der Waals surface area contributed by atoms with E-state index in [0.29, 0.717) is 5.78 Å². The molecule has 0 radical (unpaired) electrons. The lowest BCUT2D eigenvalue weighted by Crippen LogP contribution is -2.03. The molecule has 0 fully saturated rings. The van der Waals surface area contributed by atoms with Crippen molar-refractivity contribution in [2.45, 2.75) is 41.0 Å². The lowest BCUT2D eigenvalue weighted by molar-refractivity contribution is -0.120. The predicted octanol–water partition coefficient (Wildman–Crippen LogP) is 4.32. The number of benzene rings is 1. The molecule has 0 bridgehead atoms. The van der Waals surface area contributed by atoms with Crippen molar-refractivity contribution in [2.24, 2.45) is 5.92 Å². The van der Waals surface area contributed by atoms with Gasteiger partial charge in [0.15, 0.2) is 0 Å². The zero-order valence-electron chi connectivity index (χ0n) is 11.7. The molecule has 1 unspecified atom stereocenters. The van der Waals surface area contributed by atoms with Crippen molar-refractivity contribution in [3.8, 4) is 12.3 Å². The van der Waals surface area contributed by atoms with Gasteiger partial charge in [0, 0.05) is 11.5 Å². The van der Waals surface area contributed by atoms with E-state index >= 15 is 0 Å². The van der Waals surface area contributed by atoms with Gasteiger partial charge in [0.1, 0.15) is 5.78 Å². The minimum absolute atomic E-state index is 0.264. The zero-order valence-corrected chi connectivity index (χ0v) is 11.7. The van der Waals surface area contributed by atoms with Crippen LogP contribution >= 0.6 is 0 Å². The van der Waals surface area contributed by atoms with Crippen molar-refractivity contribution < 1.29 is 4.79 Å². The predicted molar refractivity (Wildman–Crippen MR) is 75.9 cm³/mol. The molecule has 1 aromatic rings. The minimum atomic E-state index is 0.264. The van der Waals surface area contributed by atoms with E-state index in [4.69, 9.17) is 6.42 Å². The van der Waals surface area contributed by atoms with Crippen molar-refractivity contribution in [3.05, 3.63) is 35.9 Å². The number of rotatable bonds is 2. The average Bonchev–Trinajstić information content (AvgIpc) is 2.41. The van der Waals surface area contributed by atoms with E-state index < -0.39 is 0 Å². The molecule has 94 valence electrons. The van der Waals surface area contributed by atoms with Crippen LogP contribution in [0.25, 0.3) is 0 Å². The molecule has 1 heteroatoms. The van der Waals surface area contributed by atoms with Gasteiger partial charge in [0.25, 0.3) is 0 Å². The molecule has 0 aliphatic carbocycles. The number of hydrogen-bond acceptors (Lipinski definition) is 1. The van der Waals surface area contributed by atoms with Gasteiger partial charge in [0.05, 0.1) is 0 Å². The molecule has 0 aliphatic rings. The van der Waals surface area contributed by atoms with E-state index in [-0.39, 0.29) is 5.92 Å². The maximum absolute atomic E-state index is 10.4. The summed E-state index contributed by atoms with van der Waals surface area (Å²) in [6.45, 7) is 9.60. The molecule has 0 aliphatic heterocycles. The van der Waals surface area contributed by atoms with Gasteiger partial charge in [-0.15, -0.1) is 6.42 Å². The van der Waals surface area contributed by atoms with Crippen molar-refractivity contribution >= 4 is 5.78 Å². The molecular formula is C16H24O. The summed E-state index contributed by atoms with van der Waals surface area (Å²) in [5.74, 6) is 3.08. The molecule has 0 aromatic heterocycles. The summed E-state index contributed by atoms with van der Waals surface area (Å²) in [6.07, 6.45) is 6.07. The quantitative estimate of drug-likeness (QED) is 0.694. The van der Waals surface area contributed by atoms with Crippen LogP contribution in [0.15, 0.2) is 30.3 Å². The third kappa shape index (κ3) is 10.7. The van der Waals surface area contributed by atoms with Crippen molar-refractivity contribution in [1.82, 2.24) is 0 Å². The molecular weight excluding hydrogens is 208 g/mol. The average molecular weight is 232 g/mol. The molecule has 0 heterocycles. The Morgan fingerprint density at radius 2 is 1.76 bits per heavy atom. The normalized spacial score (nSPS) is 9.65. The molecule has 0 spiro atoms. The van der Waals surface area contributed by atoms with Crippen molar-refractivity contribution in [3.63, 3.8) is 0 Å². The number of Topliss-reactive ketones (excluding diaryl/α,β-unsaturated/α-hetero) is 1. The number of carbonyl (C=O) groups excluding carboxylic acids is 1. The first kappa shape index (κ1) is 17.8. The Morgan fingerprint density at radius 1 is 1.29 bits per heavy atom. The molecule has 17 heavy (non-hydrogen) atoms. The Bertz CT molecular complexity index is 319. The molecule has 0 saturated heterocycles. The third-order valence-electron chi connectivity index (χ3n) is 2.25. The molecule has 0 N–H and O–H groups in total. The third-order valence-corrected chi connectivity index (χ3v) is 2.25. The van der Waals surface area contributed by atoms with E-state index in [2.05, 4.69) is 5.92 Å². The van der Waals surface area contributed by atoms with E-state index in [1.54, 1.807) is 6.92 Å². The van der Waals surface area contributed by atoms with Crippen LogP contribution < -0.4 is 0 Å². The summed E-state index contributed by atoms with van der Waals surface area (Å²) in [5, 5.41) is 0. The smallest absolute Gasteiger partial charge is 0.132 e. The number of hydrogen-bond donors (Lipinski definition) is 0. The first-order chi connectivity index (χ1) is 8.11. The minimum Gasteiger partial charge on any atom is -0.300 e. The van der Waals surface area contributed by atoms with Crippen LogP contribution in [0, 0.1) is 18.3 Å². The number of ketones is 1. The summed E-state index contributed by atoms with van der Waals surface area (Å²) in [4.78, 5) is 10.4. The van der Waals surface area contributed by atoms with Gasteiger partial charge < -0.3 is 0 Å². The second kappa shape index (κ2) is 12.5. The second-order valence-electron chi connectivity index (χ2n) is 3.43. The summed E-state index contributed by atoms with van der Waals surface area (Å²) in [7, 11) is 0. The molecule has 1 nitrogen and oxygen atoms in total. The first-order valence-corrected chi connectivity index (χ1v) is 6.13.